The topological polar surface area (TPSA) is 12.5 Å². The van der Waals surface area contributed by atoms with Crippen molar-refractivity contribution >= 4 is 28.6 Å². The molecule has 0 N–H and O–H groups in total. The molecular formula is C17H19NOS. The molecule has 0 aliphatic rings. The normalized spacial score (nSPS) is 10.2. The Morgan fingerprint density at radius 3 is 2.30 bits per heavy atom. The van der Waals surface area contributed by atoms with E-state index in [0.29, 0.717) is 6.61 Å². The van der Waals surface area contributed by atoms with Crippen molar-refractivity contribution in [2.24, 2.45) is 0 Å². The lowest BCUT2D eigenvalue weighted by Gasteiger charge is -2.25. The Labute approximate surface area is 126 Å². The maximum atomic E-state index is 5.48. The molecule has 0 bridgehead atoms. The Balaban J connectivity index is 2.39. The van der Waals surface area contributed by atoms with E-state index in [1.54, 1.807) is 0 Å². The van der Waals surface area contributed by atoms with Crippen molar-refractivity contribution in [3.05, 3.63) is 54.1 Å². The van der Waals surface area contributed by atoms with Gasteiger partial charge in [-0.3, -0.25) is 0 Å². The Kier molecular flexibility index (Phi) is 4.74. The van der Waals surface area contributed by atoms with Crippen LogP contribution in [0.5, 0.6) is 5.75 Å². The summed E-state index contributed by atoms with van der Waals surface area (Å²) in [5.41, 5.74) is 3.37. The number of rotatable bonds is 4. The molecule has 2 aromatic carbocycles. The number of ether oxygens (including phenoxy) is 1. The summed E-state index contributed by atoms with van der Waals surface area (Å²) in [7, 11) is 0. The summed E-state index contributed by atoms with van der Waals surface area (Å²) < 4.78 is 5.48. The summed E-state index contributed by atoms with van der Waals surface area (Å²) in [6.45, 7) is 6.69. The second-order valence-electron chi connectivity index (χ2n) is 4.57. The molecule has 0 saturated heterocycles. The molecule has 0 aliphatic carbocycles. The molecule has 0 unspecified atom stereocenters. The van der Waals surface area contributed by atoms with E-state index in [0.717, 1.165) is 22.1 Å². The number of benzene rings is 2. The average molecular weight is 285 g/mol. The molecule has 0 aliphatic heterocycles. The van der Waals surface area contributed by atoms with Gasteiger partial charge in [-0.05, 0) is 56.7 Å². The number of nitrogens with zero attached hydrogens (tertiary/aromatic N) is 1. The average Bonchev–Trinajstić information content (AvgIpc) is 2.43. The fourth-order valence-corrected chi connectivity index (χ4v) is 2.37. The molecule has 20 heavy (non-hydrogen) atoms. The van der Waals surface area contributed by atoms with Gasteiger partial charge in [-0.2, -0.15) is 0 Å². The summed E-state index contributed by atoms with van der Waals surface area (Å²) in [5.74, 6) is 0.878. The first-order valence-electron chi connectivity index (χ1n) is 6.72. The smallest absolute Gasteiger partial charge is 0.119 e. The minimum absolute atomic E-state index is 0.674. The molecule has 0 fully saturated rings. The Morgan fingerprint density at radius 2 is 1.75 bits per heavy atom. The van der Waals surface area contributed by atoms with Gasteiger partial charge in [0.15, 0.2) is 0 Å². The molecule has 0 spiro atoms. The van der Waals surface area contributed by atoms with Crippen LogP contribution in [0.25, 0.3) is 0 Å². The van der Waals surface area contributed by atoms with E-state index in [4.69, 9.17) is 17.0 Å². The summed E-state index contributed by atoms with van der Waals surface area (Å²) in [4.78, 5) is 2.91. The molecule has 2 nitrogen and oxygen atoms in total. The van der Waals surface area contributed by atoms with Gasteiger partial charge in [0.25, 0.3) is 0 Å². The van der Waals surface area contributed by atoms with Crippen LogP contribution < -0.4 is 9.64 Å². The largest absolute Gasteiger partial charge is 0.494 e. The van der Waals surface area contributed by atoms with Crippen molar-refractivity contribution in [2.45, 2.75) is 20.8 Å². The summed E-state index contributed by atoms with van der Waals surface area (Å²) in [6, 6.07) is 16.3. The third kappa shape index (κ3) is 3.17. The first kappa shape index (κ1) is 14.5. The summed E-state index contributed by atoms with van der Waals surface area (Å²) in [6.07, 6.45) is 0. The van der Waals surface area contributed by atoms with Gasteiger partial charge in [0.05, 0.1) is 11.6 Å². The van der Waals surface area contributed by atoms with Gasteiger partial charge in [0.2, 0.25) is 0 Å². The lowest BCUT2D eigenvalue weighted by Crippen LogP contribution is -2.21. The van der Waals surface area contributed by atoms with Crippen molar-refractivity contribution in [3.8, 4) is 5.75 Å². The van der Waals surface area contributed by atoms with Crippen molar-refractivity contribution in [2.75, 3.05) is 11.5 Å². The zero-order valence-electron chi connectivity index (χ0n) is 12.1. The Hall–Kier alpha value is -1.87. The number of anilines is 2. The number of aryl methyl sites for hydroxylation is 1. The fraction of sp³-hybridized carbons (Fsp3) is 0.235. The third-order valence-electron chi connectivity index (χ3n) is 3.08. The molecule has 2 rings (SSSR count). The van der Waals surface area contributed by atoms with Gasteiger partial charge >= 0.3 is 0 Å². The van der Waals surface area contributed by atoms with Crippen LogP contribution in [0.1, 0.15) is 19.4 Å². The molecular weight excluding hydrogens is 266 g/mol. The number of hydrogen-bond donors (Lipinski definition) is 0. The highest BCUT2D eigenvalue weighted by Crippen LogP contribution is 2.30. The Morgan fingerprint density at radius 1 is 1.10 bits per heavy atom. The Bertz CT molecular complexity index is 592. The molecule has 0 aromatic heterocycles. The first-order chi connectivity index (χ1) is 9.63. The molecule has 0 heterocycles. The second kappa shape index (κ2) is 6.53. The third-order valence-corrected chi connectivity index (χ3v) is 3.26. The molecule has 2 aromatic rings. The van der Waals surface area contributed by atoms with Crippen LogP contribution in [0, 0.1) is 6.92 Å². The summed E-state index contributed by atoms with van der Waals surface area (Å²) in [5, 5.41) is 0. The van der Waals surface area contributed by atoms with Crippen molar-refractivity contribution < 1.29 is 4.74 Å². The lowest BCUT2D eigenvalue weighted by molar-refractivity contribution is 0.340. The van der Waals surface area contributed by atoms with E-state index in [1.807, 2.05) is 50.2 Å². The molecule has 0 radical (unpaired) electrons. The zero-order valence-corrected chi connectivity index (χ0v) is 12.9. The first-order valence-corrected chi connectivity index (χ1v) is 7.13. The van der Waals surface area contributed by atoms with Crippen molar-refractivity contribution in [1.29, 1.82) is 0 Å². The molecule has 0 amide bonds. The maximum Gasteiger partial charge on any atom is 0.119 e. The predicted molar refractivity (Wildman–Crippen MR) is 89.2 cm³/mol. The van der Waals surface area contributed by atoms with Crippen LogP contribution in [-0.4, -0.2) is 11.6 Å². The minimum Gasteiger partial charge on any atom is -0.494 e. The van der Waals surface area contributed by atoms with Gasteiger partial charge in [-0.1, -0.05) is 30.4 Å². The molecule has 0 saturated carbocycles. The monoisotopic (exact) mass is 285 g/mol. The van der Waals surface area contributed by atoms with E-state index in [1.165, 1.54) is 5.56 Å². The van der Waals surface area contributed by atoms with Gasteiger partial charge in [-0.25, -0.2) is 0 Å². The lowest BCUT2D eigenvalue weighted by atomic mass is 10.1. The van der Waals surface area contributed by atoms with Crippen LogP contribution in [-0.2, 0) is 0 Å². The van der Waals surface area contributed by atoms with E-state index < -0.39 is 0 Å². The highest BCUT2D eigenvalue weighted by Gasteiger charge is 2.13. The van der Waals surface area contributed by atoms with Crippen molar-refractivity contribution in [3.63, 3.8) is 0 Å². The predicted octanol–water partition coefficient (Wildman–Crippen LogP) is 4.88. The van der Waals surface area contributed by atoms with Crippen LogP contribution in [0.4, 0.5) is 11.4 Å². The highest BCUT2D eigenvalue weighted by molar-refractivity contribution is 7.80. The van der Waals surface area contributed by atoms with E-state index in [2.05, 4.69) is 24.0 Å². The van der Waals surface area contributed by atoms with E-state index in [9.17, 15) is 0 Å². The molecule has 104 valence electrons. The number of para-hydroxylation sites is 1. The number of hydrogen-bond acceptors (Lipinski definition) is 2. The van der Waals surface area contributed by atoms with Crippen LogP contribution in [0.15, 0.2) is 48.5 Å². The standard InChI is InChI=1S/C17H19NOS/c1-4-19-16-11-9-15(10-12-16)18(14(3)20)17-8-6-5-7-13(17)2/h5-12H,4H2,1-3H3. The quantitative estimate of drug-likeness (QED) is 0.743. The number of thiocarbonyl (C=S) groups is 1. The van der Waals surface area contributed by atoms with E-state index in [-0.39, 0.29) is 0 Å². The van der Waals surface area contributed by atoms with E-state index >= 15 is 0 Å². The van der Waals surface area contributed by atoms with Gasteiger partial charge < -0.3 is 9.64 Å². The van der Waals surface area contributed by atoms with Crippen LogP contribution in [0.2, 0.25) is 0 Å². The summed E-state index contributed by atoms with van der Waals surface area (Å²) >= 11 is 5.42. The SMILES string of the molecule is CCOc1ccc(N(C(C)=S)c2ccccc2C)cc1. The zero-order chi connectivity index (χ0) is 14.5. The highest BCUT2D eigenvalue weighted by atomic mass is 32.1. The van der Waals surface area contributed by atoms with Crippen LogP contribution >= 0.6 is 12.2 Å². The van der Waals surface area contributed by atoms with Crippen molar-refractivity contribution in [1.82, 2.24) is 0 Å². The van der Waals surface area contributed by atoms with Gasteiger partial charge in [0.1, 0.15) is 5.75 Å². The van der Waals surface area contributed by atoms with Gasteiger partial charge in [-0.15, -0.1) is 0 Å². The molecule has 3 heteroatoms. The minimum atomic E-state index is 0.674. The molecule has 0 atom stereocenters. The van der Waals surface area contributed by atoms with Gasteiger partial charge in [0, 0.05) is 11.4 Å². The van der Waals surface area contributed by atoms with Crippen LogP contribution in [0.3, 0.4) is 0 Å². The maximum absolute atomic E-state index is 5.48. The second-order valence-corrected chi connectivity index (χ2v) is 5.16. The fourth-order valence-electron chi connectivity index (χ4n) is 2.16.